The number of piperazine rings is 1. The first kappa shape index (κ1) is 20.1. The molecule has 1 fully saturated rings. The second-order valence-corrected chi connectivity index (χ2v) is 6.45. The van der Waals surface area contributed by atoms with Gasteiger partial charge in [-0.15, -0.1) is 0 Å². The van der Waals surface area contributed by atoms with Crippen molar-refractivity contribution in [1.82, 2.24) is 9.80 Å². The Morgan fingerprint density at radius 1 is 0.897 bits per heavy atom. The second kappa shape index (κ2) is 8.59. The number of hydrogen-bond acceptors (Lipinski definition) is 6. The van der Waals surface area contributed by atoms with Crippen LogP contribution in [0.15, 0.2) is 42.5 Å². The zero-order chi connectivity index (χ0) is 21.0. The molecule has 0 bridgehead atoms. The van der Waals surface area contributed by atoms with Gasteiger partial charge in [0.15, 0.2) is 0 Å². The van der Waals surface area contributed by atoms with E-state index in [4.69, 9.17) is 9.47 Å². The van der Waals surface area contributed by atoms with E-state index in [1.54, 1.807) is 41.2 Å². The Kier molecular flexibility index (Phi) is 5.96. The van der Waals surface area contributed by atoms with Crippen molar-refractivity contribution in [3.8, 4) is 11.5 Å². The van der Waals surface area contributed by atoms with E-state index < -0.39 is 4.92 Å². The maximum Gasteiger partial charge on any atom is 0.270 e. The van der Waals surface area contributed by atoms with Crippen molar-refractivity contribution in [2.75, 3.05) is 40.4 Å². The number of nitro benzene ring substituents is 1. The van der Waals surface area contributed by atoms with Gasteiger partial charge in [0.25, 0.3) is 17.5 Å². The van der Waals surface area contributed by atoms with Crippen LogP contribution < -0.4 is 9.47 Å². The van der Waals surface area contributed by atoms with Crippen molar-refractivity contribution < 1.29 is 24.0 Å². The van der Waals surface area contributed by atoms with Crippen molar-refractivity contribution >= 4 is 17.5 Å². The van der Waals surface area contributed by atoms with E-state index in [1.807, 2.05) is 0 Å². The Hall–Kier alpha value is -3.62. The number of rotatable bonds is 5. The van der Waals surface area contributed by atoms with Crippen LogP contribution in [0.25, 0.3) is 0 Å². The highest BCUT2D eigenvalue weighted by Crippen LogP contribution is 2.26. The molecule has 0 aliphatic carbocycles. The highest BCUT2D eigenvalue weighted by Gasteiger charge is 2.28. The van der Waals surface area contributed by atoms with Gasteiger partial charge >= 0.3 is 0 Å². The molecule has 1 heterocycles. The number of hydrogen-bond donors (Lipinski definition) is 0. The normalized spacial score (nSPS) is 13.7. The zero-order valence-electron chi connectivity index (χ0n) is 16.2. The maximum absolute atomic E-state index is 12.9. The van der Waals surface area contributed by atoms with Crippen molar-refractivity contribution in [2.24, 2.45) is 0 Å². The van der Waals surface area contributed by atoms with Gasteiger partial charge < -0.3 is 19.3 Å². The van der Waals surface area contributed by atoms with Gasteiger partial charge in [0.2, 0.25) is 0 Å². The minimum Gasteiger partial charge on any atom is -0.497 e. The van der Waals surface area contributed by atoms with Gasteiger partial charge in [-0.3, -0.25) is 19.7 Å². The SMILES string of the molecule is COc1ccc(C(=O)N2CCN(C(=O)c3cc([N+](=O)[O-])ccc3OC)CC2)cc1. The minimum absolute atomic E-state index is 0.118. The largest absolute Gasteiger partial charge is 0.497 e. The maximum atomic E-state index is 12.9. The van der Waals surface area contributed by atoms with Crippen molar-refractivity contribution in [2.45, 2.75) is 0 Å². The van der Waals surface area contributed by atoms with Crippen molar-refractivity contribution in [3.05, 3.63) is 63.7 Å². The number of amides is 2. The topological polar surface area (TPSA) is 102 Å². The zero-order valence-corrected chi connectivity index (χ0v) is 16.2. The Balaban J connectivity index is 1.68. The lowest BCUT2D eigenvalue weighted by Gasteiger charge is -2.35. The third-order valence-corrected chi connectivity index (χ3v) is 4.82. The molecule has 0 unspecified atom stereocenters. The second-order valence-electron chi connectivity index (χ2n) is 6.45. The van der Waals surface area contributed by atoms with Gasteiger partial charge in [-0.1, -0.05) is 0 Å². The van der Waals surface area contributed by atoms with E-state index in [-0.39, 0.29) is 28.8 Å². The lowest BCUT2D eigenvalue weighted by molar-refractivity contribution is -0.384. The summed E-state index contributed by atoms with van der Waals surface area (Å²) in [6.45, 7) is 1.39. The summed E-state index contributed by atoms with van der Waals surface area (Å²) >= 11 is 0. The van der Waals surface area contributed by atoms with Crippen molar-refractivity contribution in [3.63, 3.8) is 0 Å². The van der Waals surface area contributed by atoms with E-state index in [9.17, 15) is 19.7 Å². The molecule has 1 saturated heterocycles. The Morgan fingerprint density at radius 3 is 2.00 bits per heavy atom. The van der Waals surface area contributed by atoms with E-state index >= 15 is 0 Å². The van der Waals surface area contributed by atoms with Gasteiger partial charge in [-0.2, -0.15) is 0 Å². The van der Waals surface area contributed by atoms with Crippen LogP contribution in [0.5, 0.6) is 11.5 Å². The van der Waals surface area contributed by atoms with E-state index in [2.05, 4.69) is 0 Å². The molecule has 0 saturated carbocycles. The average molecular weight is 399 g/mol. The molecule has 1 aliphatic rings. The van der Waals surface area contributed by atoms with Crippen LogP contribution in [0.2, 0.25) is 0 Å². The smallest absolute Gasteiger partial charge is 0.270 e. The van der Waals surface area contributed by atoms with Crippen molar-refractivity contribution in [1.29, 1.82) is 0 Å². The molecule has 0 N–H and O–H groups in total. The third-order valence-electron chi connectivity index (χ3n) is 4.82. The van der Waals surface area contributed by atoms with Crippen LogP contribution >= 0.6 is 0 Å². The molecule has 152 valence electrons. The first-order chi connectivity index (χ1) is 13.9. The fraction of sp³-hybridized carbons (Fsp3) is 0.300. The minimum atomic E-state index is -0.554. The Morgan fingerprint density at radius 2 is 1.48 bits per heavy atom. The van der Waals surface area contributed by atoms with Gasteiger partial charge in [0, 0.05) is 43.9 Å². The molecule has 1 aliphatic heterocycles. The number of ether oxygens (including phenoxy) is 2. The molecule has 2 aromatic carbocycles. The molecular formula is C20H21N3O6. The summed E-state index contributed by atoms with van der Waals surface area (Å²) in [7, 11) is 2.97. The number of methoxy groups -OCH3 is 2. The Labute approximate surface area is 167 Å². The molecular weight excluding hydrogens is 378 g/mol. The summed E-state index contributed by atoms with van der Waals surface area (Å²) in [6, 6.07) is 10.8. The van der Waals surface area contributed by atoms with Gasteiger partial charge in [-0.05, 0) is 30.3 Å². The van der Waals surface area contributed by atoms with E-state index in [0.29, 0.717) is 37.5 Å². The van der Waals surface area contributed by atoms with Gasteiger partial charge in [0.05, 0.1) is 24.7 Å². The molecule has 9 nitrogen and oxygen atoms in total. The molecule has 3 rings (SSSR count). The Bertz CT molecular complexity index is 920. The number of carbonyl (C=O) groups excluding carboxylic acids is 2. The lowest BCUT2D eigenvalue weighted by atomic mass is 10.1. The summed E-state index contributed by atoms with van der Waals surface area (Å²) in [4.78, 5) is 39.3. The molecule has 29 heavy (non-hydrogen) atoms. The van der Waals surface area contributed by atoms with Crippen LogP contribution in [0.1, 0.15) is 20.7 Å². The van der Waals surface area contributed by atoms with E-state index in [1.165, 1.54) is 25.3 Å². The molecule has 0 radical (unpaired) electrons. The summed E-state index contributed by atoms with van der Waals surface area (Å²) < 4.78 is 10.3. The number of benzene rings is 2. The fourth-order valence-corrected chi connectivity index (χ4v) is 3.18. The van der Waals surface area contributed by atoms with Crippen LogP contribution in [-0.2, 0) is 0 Å². The van der Waals surface area contributed by atoms with Crippen LogP contribution in [0, 0.1) is 10.1 Å². The number of carbonyl (C=O) groups is 2. The monoisotopic (exact) mass is 399 g/mol. The molecule has 2 amide bonds. The van der Waals surface area contributed by atoms with Crippen LogP contribution in [0.4, 0.5) is 5.69 Å². The van der Waals surface area contributed by atoms with Crippen LogP contribution in [0.3, 0.4) is 0 Å². The molecule has 0 atom stereocenters. The predicted molar refractivity (Wildman–Crippen MR) is 104 cm³/mol. The quantitative estimate of drug-likeness (QED) is 0.564. The van der Waals surface area contributed by atoms with E-state index in [0.717, 1.165) is 0 Å². The van der Waals surface area contributed by atoms with Gasteiger partial charge in [-0.25, -0.2) is 0 Å². The molecule has 2 aromatic rings. The third kappa shape index (κ3) is 4.29. The van der Waals surface area contributed by atoms with Gasteiger partial charge in [0.1, 0.15) is 11.5 Å². The number of nitro groups is 1. The highest BCUT2D eigenvalue weighted by atomic mass is 16.6. The summed E-state index contributed by atoms with van der Waals surface area (Å²) in [6.07, 6.45) is 0. The predicted octanol–water partition coefficient (Wildman–Crippen LogP) is 2.21. The summed E-state index contributed by atoms with van der Waals surface area (Å²) in [5, 5.41) is 11.0. The molecule has 0 aromatic heterocycles. The first-order valence-electron chi connectivity index (χ1n) is 8.99. The molecule has 0 spiro atoms. The number of non-ortho nitro benzene ring substituents is 1. The average Bonchev–Trinajstić information content (AvgIpc) is 2.77. The van der Waals surface area contributed by atoms with Crippen LogP contribution in [-0.4, -0.2) is 66.9 Å². The standard InChI is InChI=1S/C20H21N3O6/c1-28-16-6-3-14(4-7-16)19(24)21-9-11-22(12-10-21)20(25)17-13-15(23(26)27)5-8-18(17)29-2/h3-8,13H,9-12H2,1-2H3. The highest BCUT2D eigenvalue weighted by molar-refractivity contribution is 5.98. The summed E-state index contributed by atoms with van der Waals surface area (Å²) in [5.74, 6) is 0.468. The molecule has 9 heteroatoms. The summed E-state index contributed by atoms with van der Waals surface area (Å²) in [5.41, 5.74) is 0.505. The fourth-order valence-electron chi connectivity index (χ4n) is 3.18. The first-order valence-corrected chi connectivity index (χ1v) is 8.99. The lowest BCUT2D eigenvalue weighted by Crippen LogP contribution is -2.50. The number of nitrogens with zero attached hydrogens (tertiary/aromatic N) is 3.